The standard InChI is InChI=1S/C14H19N5O2/c20-8-14(21)4-1-5-18(7-14)12-6-11(10-2-3-10)17-19-9-15-16-13(12)19/h6,9-10,20-21H,1-5,7-8H2. The lowest BCUT2D eigenvalue weighted by Gasteiger charge is -2.39. The molecule has 7 nitrogen and oxygen atoms in total. The summed E-state index contributed by atoms with van der Waals surface area (Å²) in [4.78, 5) is 2.09. The van der Waals surface area contributed by atoms with E-state index < -0.39 is 5.60 Å². The number of anilines is 1. The first-order valence-corrected chi connectivity index (χ1v) is 7.48. The first-order valence-electron chi connectivity index (χ1n) is 7.48. The van der Waals surface area contributed by atoms with Crippen LogP contribution in [0.3, 0.4) is 0 Å². The van der Waals surface area contributed by atoms with Crippen molar-refractivity contribution in [2.45, 2.75) is 37.2 Å². The van der Waals surface area contributed by atoms with Gasteiger partial charge in [-0.25, -0.2) is 0 Å². The number of fused-ring (bicyclic) bond motifs is 1. The third kappa shape index (κ3) is 2.26. The SMILES string of the molecule is OCC1(O)CCCN(c2cc(C3CC3)nn3cnnc23)C1. The molecule has 0 bridgehead atoms. The molecule has 2 aromatic rings. The Kier molecular flexibility index (Phi) is 2.87. The van der Waals surface area contributed by atoms with Crippen molar-refractivity contribution < 1.29 is 10.2 Å². The molecule has 112 valence electrons. The minimum atomic E-state index is -1.03. The largest absolute Gasteiger partial charge is 0.393 e. The van der Waals surface area contributed by atoms with Gasteiger partial charge in [0.1, 0.15) is 11.9 Å². The van der Waals surface area contributed by atoms with E-state index in [1.54, 1.807) is 10.8 Å². The molecule has 0 amide bonds. The van der Waals surface area contributed by atoms with Crippen LogP contribution < -0.4 is 4.90 Å². The lowest BCUT2D eigenvalue weighted by molar-refractivity contribution is -0.0240. The first kappa shape index (κ1) is 13.0. The van der Waals surface area contributed by atoms with Crippen LogP contribution in [0.2, 0.25) is 0 Å². The highest BCUT2D eigenvalue weighted by molar-refractivity contribution is 5.69. The topological polar surface area (TPSA) is 86.8 Å². The predicted molar refractivity (Wildman–Crippen MR) is 76.2 cm³/mol. The highest BCUT2D eigenvalue weighted by atomic mass is 16.3. The van der Waals surface area contributed by atoms with Gasteiger partial charge in [0.05, 0.1) is 18.0 Å². The Hall–Kier alpha value is -1.73. The minimum absolute atomic E-state index is 0.215. The summed E-state index contributed by atoms with van der Waals surface area (Å²) in [6, 6.07) is 2.07. The van der Waals surface area contributed by atoms with Crippen molar-refractivity contribution in [1.82, 2.24) is 19.8 Å². The van der Waals surface area contributed by atoms with Gasteiger partial charge in [-0.2, -0.15) is 9.61 Å². The molecule has 7 heteroatoms. The molecule has 0 aromatic carbocycles. The van der Waals surface area contributed by atoms with E-state index in [-0.39, 0.29) is 6.61 Å². The van der Waals surface area contributed by atoms with Crippen LogP contribution >= 0.6 is 0 Å². The number of aliphatic hydroxyl groups excluding tert-OH is 1. The van der Waals surface area contributed by atoms with Gasteiger partial charge in [0.15, 0.2) is 0 Å². The molecule has 0 radical (unpaired) electrons. The zero-order valence-electron chi connectivity index (χ0n) is 11.8. The monoisotopic (exact) mass is 289 g/mol. The van der Waals surface area contributed by atoms with Crippen LogP contribution in [-0.4, -0.2) is 55.3 Å². The van der Waals surface area contributed by atoms with E-state index in [2.05, 4.69) is 26.3 Å². The van der Waals surface area contributed by atoms with Crippen LogP contribution in [0.15, 0.2) is 12.4 Å². The average molecular weight is 289 g/mol. The van der Waals surface area contributed by atoms with Crippen molar-refractivity contribution in [2.24, 2.45) is 0 Å². The number of aromatic nitrogens is 4. The first-order chi connectivity index (χ1) is 10.2. The fourth-order valence-corrected chi connectivity index (χ4v) is 3.09. The number of aliphatic hydroxyl groups is 2. The molecule has 3 heterocycles. The molecule has 1 saturated carbocycles. The predicted octanol–water partition coefficient (Wildman–Crippen LogP) is 0.325. The maximum absolute atomic E-state index is 10.4. The van der Waals surface area contributed by atoms with Crippen LogP contribution in [0.5, 0.6) is 0 Å². The van der Waals surface area contributed by atoms with Crippen molar-refractivity contribution in [3.8, 4) is 0 Å². The second-order valence-corrected chi connectivity index (χ2v) is 6.24. The summed E-state index contributed by atoms with van der Waals surface area (Å²) in [6.07, 6.45) is 5.45. The summed E-state index contributed by atoms with van der Waals surface area (Å²) in [5.41, 5.74) is 1.70. The van der Waals surface area contributed by atoms with Gasteiger partial charge < -0.3 is 15.1 Å². The number of hydrogen-bond donors (Lipinski definition) is 2. The van der Waals surface area contributed by atoms with E-state index >= 15 is 0 Å². The van der Waals surface area contributed by atoms with Gasteiger partial charge in [-0.15, -0.1) is 10.2 Å². The van der Waals surface area contributed by atoms with Gasteiger partial charge in [-0.05, 0) is 31.7 Å². The van der Waals surface area contributed by atoms with Gasteiger partial charge in [-0.1, -0.05) is 0 Å². The van der Waals surface area contributed by atoms with Crippen molar-refractivity contribution in [3.05, 3.63) is 18.1 Å². The molecule has 1 aliphatic carbocycles. The third-order valence-corrected chi connectivity index (χ3v) is 4.45. The van der Waals surface area contributed by atoms with Gasteiger partial charge in [0, 0.05) is 19.0 Å². The average Bonchev–Trinajstić information content (AvgIpc) is 3.24. The quantitative estimate of drug-likeness (QED) is 0.846. The number of rotatable bonds is 3. The molecule has 1 atom stereocenters. The maximum atomic E-state index is 10.4. The summed E-state index contributed by atoms with van der Waals surface area (Å²) in [5.74, 6) is 0.539. The molecule has 1 unspecified atom stereocenters. The summed E-state index contributed by atoms with van der Waals surface area (Å²) >= 11 is 0. The lowest BCUT2D eigenvalue weighted by atomic mass is 9.93. The Morgan fingerprint density at radius 3 is 3.00 bits per heavy atom. The highest BCUT2D eigenvalue weighted by Crippen LogP contribution is 2.40. The molecule has 2 fully saturated rings. The number of hydrogen-bond acceptors (Lipinski definition) is 6. The van der Waals surface area contributed by atoms with Crippen LogP contribution in [-0.2, 0) is 0 Å². The van der Waals surface area contributed by atoms with Crippen LogP contribution in [0.4, 0.5) is 5.69 Å². The van der Waals surface area contributed by atoms with E-state index in [0.29, 0.717) is 24.5 Å². The minimum Gasteiger partial charge on any atom is -0.393 e. The van der Waals surface area contributed by atoms with Crippen LogP contribution in [0.1, 0.15) is 37.3 Å². The van der Waals surface area contributed by atoms with E-state index in [1.165, 1.54) is 12.8 Å². The Morgan fingerprint density at radius 1 is 1.38 bits per heavy atom. The van der Waals surface area contributed by atoms with E-state index in [9.17, 15) is 10.2 Å². The summed E-state index contributed by atoms with van der Waals surface area (Å²) < 4.78 is 1.72. The zero-order valence-corrected chi connectivity index (χ0v) is 11.8. The summed E-state index contributed by atoms with van der Waals surface area (Å²) in [7, 11) is 0. The van der Waals surface area contributed by atoms with Gasteiger partial charge in [0.25, 0.3) is 0 Å². The fraction of sp³-hybridized carbons (Fsp3) is 0.643. The smallest absolute Gasteiger partial charge is 0.200 e. The molecular formula is C14H19N5O2. The molecule has 1 aliphatic heterocycles. The molecule has 2 N–H and O–H groups in total. The van der Waals surface area contributed by atoms with Crippen molar-refractivity contribution in [1.29, 1.82) is 0 Å². The number of piperidine rings is 1. The van der Waals surface area contributed by atoms with E-state index in [4.69, 9.17) is 0 Å². The molecule has 21 heavy (non-hydrogen) atoms. The second-order valence-electron chi connectivity index (χ2n) is 6.24. The highest BCUT2D eigenvalue weighted by Gasteiger charge is 2.34. The Bertz CT molecular complexity index is 668. The van der Waals surface area contributed by atoms with Gasteiger partial charge in [0.2, 0.25) is 5.65 Å². The molecular weight excluding hydrogens is 270 g/mol. The molecule has 0 spiro atoms. The van der Waals surface area contributed by atoms with Crippen LogP contribution in [0, 0.1) is 0 Å². The normalized spacial score (nSPS) is 26.5. The molecule has 1 saturated heterocycles. The van der Waals surface area contributed by atoms with Crippen molar-refractivity contribution >= 4 is 11.3 Å². The summed E-state index contributed by atoms with van der Waals surface area (Å²) in [5, 5.41) is 32.5. The summed E-state index contributed by atoms with van der Waals surface area (Å²) in [6.45, 7) is 1.05. The van der Waals surface area contributed by atoms with Crippen LogP contribution in [0.25, 0.3) is 5.65 Å². The van der Waals surface area contributed by atoms with Gasteiger partial charge >= 0.3 is 0 Å². The number of β-amino-alcohol motifs (C(OH)–C–C–N with tert-alkyl or cyclic N) is 1. The third-order valence-electron chi connectivity index (χ3n) is 4.45. The Balaban J connectivity index is 1.76. The van der Waals surface area contributed by atoms with Crippen molar-refractivity contribution in [2.75, 3.05) is 24.6 Å². The zero-order chi connectivity index (χ0) is 14.4. The second kappa shape index (κ2) is 4.64. The number of nitrogens with zero attached hydrogens (tertiary/aromatic N) is 5. The van der Waals surface area contributed by atoms with E-state index in [0.717, 1.165) is 24.3 Å². The molecule has 4 rings (SSSR count). The van der Waals surface area contributed by atoms with Gasteiger partial charge in [-0.3, -0.25) is 0 Å². The van der Waals surface area contributed by atoms with E-state index in [1.807, 2.05) is 0 Å². The molecule has 2 aromatic heterocycles. The fourth-order valence-electron chi connectivity index (χ4n) is 3.09. The molecule has 2 aliphatic rings. The maximum Gasteiger partial charge on any atom is 0.200 e. The Labute approximate surface area is 122 Å². The Morgan fingerprint density at radius 2 is 2.24 bits per heavy atom. The lowest BCUT2D eigenvalue weighted by Crippen LogP contribution is -2.50. The van der Waals surface area contributed by atoms with Crippen molar-refractivity contribution in [3.63, 3.8) is 0 Å².